The molecule has 1 aromatic rings. The standard InChI is InChI=1S/C13H16ClN3O3/c1-20-12(18)9-16-4-6-17(7-5-16)13(19)10-2-3-15-11(14)8-10/h2-3,8H,4-7,9H2,1H3. The highest BCUT2D eigenvalue weighted by molar-refractivity contribution is 6.29. The van der Waals surface area contributed by atoms with Gasteiger partial charge in [0.25, 0.3) is 5.91 Å². The summed E-state index contributed by atoms with van der Waals surface area (Å²) in [6, 6.07) is 3.21. The van der Waals surface area contributed by atoms with Crippen LogP contribution in [0.5, 0.6) is 0 Å². The molecule has 0 radical (unpaired) electrons. The minimum absolute atomic E-state index is 0.0629. The smallest absolute Gasteiger partial charge is 0.319 e. The van der Waals surface area contributed by atoms with E-state index in [4.69, 9.17) is 11.6 Å². The fourth-order valence-electron chi connectivity index (χ4n) is 2.07. The molecular formula is C13H16ClN3O3. The number of esters is 1. The Morgan fingerprint density at radius 3 is 2.65 bits per heavy atom. The third-order valence-corrected chi connectivity index (χ3v) is 3.42. The zero-order chi connectivity index (χ0) is 14.5. The topological polar surface area (TPSA) is 62.7 Å². The second kappa shape index (κ2) is 6.67. The lowest BCUT2D eigenvalue weighted by Gasteiger charge is -2.34. The molecular weight excluding hydrogens is 282 g/mol. The van der Waals surface area contributed by atoms with Crippen LogP contribution in [0.1, 0.15) is 10.4 Å². The molecule has 0 aromatic carbocycles. The molecule has 0 saturated carbocycles. The van der Waals surface area contributed by atoms with Crippen molar-refractivity contribution in [1.82, 2.24) is 14.8 Å². The predicted octanol–water partition coefficient (Wildman–Crippen LogP) is 0.666. The second-order valence-corrected chi connectivity index (χ2v) is 4.90. The number of carbonyl (C=O) groups excluding carboxylic acids is 2. The summed E-state index contributed by atoms with van der Waals surface area (Å²) in [5, 5.41) is 0.306. The van der Waals surface area contributed by atoms with Crippen LogP contribution in [0, 0.1) is 0 Å². The van der Waals surface area contributed by atoms with Crippen molar-refractivity contribution in [2.75, 3.05) is 39.8 Å². The number of ether oxygens (including phenoxy) is 1. The van der Waals surface area contributed by atoms with Crippen molar-refractivity contribution in [3.63, 3.8) is 0 Å². The first-order valence-corrected chi connectivity index (χ1v) is 6.68. The van der Waals surface area contributed by atoms with Crippen LogP contribution in [0.4, 0.5) is 0 Å². The Kier molecular flexibility index (Phi) is 4.92. The van der Waals surface area contributed by atoms with Crippen LogP contribution in [-0.2, 0) is 9.53 Å². The normalized spacial score (nSPS) is 16.0. The number of carbonyl (C=O) groups is 2. The Labute approximate surface area is 122 Å². The number of pyridine rings is 1. The lowest BCUT2D eigenvalue weighted by Crippen LogP contribution is -2.50. The molecule has 0 N–H and O–H groups in total. The number of methoxy groups -OCH3 is 1. The minimum Gasteiger partial charge on any atom is -0.468 e. The maximum Gasteiger partial charge on any atom is 0.319 e. The van der Waals surface area contributed by atoms with Crippen LogP contribution in [0.25, 0.3) is 0 Å². The summed E-state index contributed by atoms with van der Waals surface area (Å²) in [5.41, 5.74) is 0.534. The van der Waals surface area contributed by atoms with Gasteiger partial charge in [0.2, 0.25) is 0 Å². The first-order valence-electron chi connectivity index (χ1n) is 6.30. The SMILES string of the molecule is COC(=O)CN1CCN(C(=O)c2ccnc(Cl)c2)CC1. The zero-order valence-electron chi connectivity index (χ0n) is 11.2. The molecule has 6 nitrogen and oxygen atoms in total. The van der Waals surface area contributed by atoms with Crippen LogP contribution in [0.15, 0.2) is 18.3 Å². The highest BCUT2D eigenvalue weighted by Gasteiger charge is 2.23. The molecule has 2 heterocycles. The molecule has 1 fully saturated rings. The minimum atomic E-state index is -0.259. The molecule has 20 heavy (non-hydrogen) atoms. The van der Waals surface area contributed by atoms with Gasteiger partial charge in [-0.15, -0.1) is 0 Å². The van der Waals surface area contributed by atoms with E-state index in [-0.39, 0.29) is 18.4 Å². The number of piperazine rings is 1. The largest absolute Gasteiger partial charge is 0.468 e. The van der Waals surface area contributed by atoms with E-state index in [1.165, 1.54) is 13.3 Å². The molecule has 0 bridgehead atoms. The molecule has 1 saturated heterocycles. The first kappa shape index (κ1) is 14.7. The quantitative estimate of drug-likeness (QED) is 0.606. The van der Waals surface area contributed by atoms with Crippen molar-refractivity contribution in [1.29, 1.82) is 0 Å². The van der Waals surface area contributed by atoms with Gasteiger partial charge in [-0.1, -0.05) is 11.6 Å². The summed E-state index contributed by atoms with van der Waals surface area (Å²) in [7, 11) is 1.37. The van der Waals surface area contributed by atoms with Crippen molar-refractivity contribution < 1.29 is 14.3 Å². The highest BCUT2D eigenvalue weighted by Crippen LogP contribution is 2.12. The lowest BCUT2D eigenvalue weighted by atomic mass is 10.2. The Morgan fingerprint density at radius 2 is 2.05 bits per heavy atom. The van der Waals surface area contributed by atoms with E-state index in [0.717, 1.165) is 0 Å². The molecule has 0 aliphatic carbocycles. The first-order chi connectivity index (χ1) is 9.60. The third kappa shape index (κ3) is 3.68. The Balaban J connectivity index is 1.90. The number of aromatic nitrogens is 1. The molecule has 7 heteroatoms. The summed E-state index contributed by atoms with van der Waals surface area (Å²) in [6.45, 7) is 2.73. The zero-order valence-corrected chi connectivity index (χ0v) is 12.0. The Hall–Kier alpha value is -1.66. The number of hydrogen-bond acceptors (Lipinski definition) is 5. The molecule has 108 valence electrons. The molecule has 1 aliphatic heterocycles. The second-order valence-electron chi connectivity index (χ2n) is 4.51. The Bertz CT molecular complexity index is 501. The predicted molar refractivity (Wildman–Crippen MR) is 73.6 cm³/mol. The third-order valence-electron chi connectivity index (χ3n) is 3.21. The van der Waals surface area contributed by atoms with Gasteiger partial charge in [-0.2, -0.15) is 0 Å². The van der Waals surface area contributed by atoms with Crippen molar-refractivity contribution in [2.45, 2.75) is 0 Å². The number of hydrogen-bond donors (Lipinski definition) is 0. The fourth-order valence-corrected chi connectivity index (χ4v) is 2.25. The van der Waals surface area contributed by atoms with Crippen molar-refractivity contribution in [3.8, 4) is 0 Å². The molecule has 1 aliphatic rings. The molecule has 1 amide bonds. The monoisotopic (exact) mass is 297 g/mol. The van der Waals surface area contributed by atoms with Crippen molar-refractivity contribution >= 4 is 23.5 Å². The maximum absolute atomic E-state index is 12.3. The summed E-state index contributed by atoms with van der Waals surface area (Å²) in [6.07, 6.45) is 1.52. The van der Waals surface area contributed by atoms with Gasteiger partial charge >= 0.3 is 5.97 Å². The van der Waals surface area contributed by atoms with Crippen molar-refractivity contribution in [2.24, 2.45) is 0 Å². The number of amides is 1. The van der Waals surface area contributed by atoms with E-state index >= 15 is 0 Å². The summed E-state index contributed by atoms with van der Waals surface area (Å²) in [5.74, 6) is -0.322. The summed E-state index contributed by atoms with van der Waals surface area (Å²) < 4.78 is 4.63. The fraction of sp³-hybridized carbons (Fsp3) is 0.462. The van der Waals surface area contributed by atoms with Gasteiger partial charge in [0.15, 0.2) is 0 Å². The van der Waals surface area contributed by atoms with Crippen molar-refractivity contribution in [3.05, 3.63) is 29.0 Å². The van der Waals surface area contributed by atoms with E-state index in [9.17, 15) is 9.59 Å². The lowest BCUT2D eigenvalue weighted by molar-refractivity contribution is -0.142. The van der Waals surface area contributed by atoms with Crippen LogP contribution >= 0.6 is 11.6 Å². The molecule has 0 atom stereocenters. The molecule has 2 rings (SSSR count). The maximum atomic E-state index is 12.3. The molecule has 1 aromatic heterocycles. The van der Waals surface area contributed by atoms with Gasteiger partial charge in [0.1, 0.15) is 5.15 Å². The van der Waals surface area contributed by atoms with Gasteiger partial charge in [-0.3, -0.25) is 14.5 Å². The van der Waals surface area contributed by atoms with E-state index in [2.05, 4.69) is 9.72 Å². The molecule has 0 spiro atoms. The number of rotatable bonds is 3. The van der Waals surface area contributed by atoms with E-state index in [1.807, 2.05) is 4.90 Å². The Morgan fingerprint density at radius 1 is 1.35 bits per heavy atom. The van der Waals surface area contributed by atoms with Crippen LogP contribution < -0.4 is 0 Å². The van der Waals surface area contributed by atoms with Crippen LogP contribution in [0.3, 0.4) is 0 Å². The summed E-state index contributed by atoms with van der Waals surface area (Å²) >= 11 is 5.78. The highest BCUT2D eigenvalue weighted by atomic mass is 35.5. The number of nitrogens with zero attached hydrogens (tertiary/aromatic N) is 3. The molecule has 0 unspecified atom stereocenters. The van der Waals surface area contributed by atoms with Gasteiger partial charge in [-0.25, -0.2) is 4.98 Å². The van der Waals surface area contributed by atoms with Gasteiger partial charge in [0.05, 0.1) is 13.7 Å². The average Bonchev–Trinajstić information content (AvgIpc) is 2.47. The van der Waals surface area contributed by atoms with E-state index < -0.39 is 0 Å². The van der Waals surface area contributed by atoms with E-state index in [0.29, 0.717) is 36.9 Å². The average molecular weight is 298 g/mol. The van der Waals surface area contributed by atoms with Crippen LogP contribution in [-0.4, -0.2) is 66.5 Å². The van der Waals surface area contributed by atoms with Crippen LogP contribution in [0.2, 0.25) is 5.15 Å². The van der Waals surface area contributed by atoms with Gasteiger partial charge in [-0.05, 0) is 12.1 Å². The van der Waals surface area contributed by atoms with E-state index in [1.54, 1.807) is 17.0 Å². The number of halogens is 1. The van der Waals surface area contributed by atoms with Gasteiger partial charge in [0, 0.05) is 37.9 Å². The summed E-state index contributed by atoms with van der Waals surface area (Å²) in [4.78, 5) is 31.0. The van der Waals surface area contributed by atoms with Gasteiger partial charge < -0.3 is 9.64 Å².